The minimum Gasteiger partial charge on any atom is -0.390 e. The summed E-state index contributed by atoms with van der Waals surface area (Å²) in [5.74, 6) is 0. The number of hydrogen-bond acceptors (Lipinski definition) is 3. The molecular formula is C24H28Cl3N5. The summed E-state index contributed by atoms with van der Waals surface area (Å²) >= 11 is 18.5. The molecule has 3 aromatic carbocycles. The van der Waals surface area contributed by atoms with E-state index in [-0.39, 0.29) is 0 Å². The van der Waals surface area contributed by atoms with Crippen LogP contribution in [0.3, 0.4) is 0 Å². The van der Waals surface area contributed by atoms with Crippen molar-refractivity contribution in [2.75, 3.05) is 18.9 Å². The van der Waals surface area contributed by atoms with E-state index in [9.17, 15) is 0 Å². The third-order valence-electron chi connectivity index (χ3n) is 4.58. The maximum atomic E-state index is 6.26. The lowest BCUT2D eigenvalue weighted by Gasteiger charge is -2.10. The standard InChI is InChI=1S/C21H17Cl3N4.C2H6.CH5N/c22-13-1-3-14(4-2-13)27-15-7-12(5-6-26-11-25)21-17(8-15)16-9-18(23)19(24)10-20(16)28-21;2*1-2/h1-4,7-11,27-28H,5-6H2,(H2,25,26);1-2H3;2H2,1H3. The summed E-state index contributed by atoms with van der Waals surface area (Å²) in [7, 11) is 1.50. The zero-order chi connectivity index (χ0) is 23.7. The number of halogens is 3. The lowest BCUT2D eigenvalue weighted by molar-refractivity contribution is 0.977. The lowest BCUT2D eigenvalue weighted by Crippen LogP contribution is -1.97. The number of anilines is 2. The van der Waals surface area contributed by atoms with Gasteiger partial charge in [0.25, 0.3) is 0 Å². The number of aromatic nitrogens is 1. The first kappa shape index (κ1) is 25.8. The Bertz CT molecular complexity index is 1180. The number of nitrogens with zero attached hydrogens (tertiary/aromatic N) is 1. The van der Waals surface area contributed by atoms with Crippen LogP contribution in [0.1, 0.15) is 19.4 Å². The van der Waals surface area contributed by atoms with E-state index in [1.165, 1.54) is 13.4 Å². The summed E-state index contributed by atoms with van der Waals surface area (Å²) in [6, 6.07) is 15.6. The number of aliphatic imine (C=N–C) groups is 1. The second-order valence-electron chi connectivity index (χ2n) is 6.43. The molecule has 0 bridgehead atoms. The molecule has 4 rings (SSSR count). The van der Waals surface area contributed by atoms with Gasteiger partial charge in [-0.25, -0.2) is 0 Å². The van der Waals surface area contributed by atoms with E-state index in [1.54, 1.807) is 0 Å². The van der Waals surface area contributed by atoms with Gasteiger partial charge in [-0.15, -0.1) is 0 Å². The normalized spacial score (nSPS) is 10.6. The summed E-state index contributed by atoms with van der Waals surface area (Å²) < 4.78 is 0. The van der Waals surface area contributed by atoms with Crippen LogP contribution in [0.4, 0.5) is 11.4 Å². The van der Waals surface area contributed by atoms with Gasteiger partial charge in [0.2, 0.25) is 0 Å². The smallest absolute Gasteiger partial charge is 0.0797 e. The molecule has 170 valence electrons. The molecule has 0 aliphatic rings. The van der Waals surface area contributed by atoms with Crippen LogP contribution in [0.25, 0.3) is 21.8 Å². The number of nitrogens with one attached hydrogen (secondary N) is 2. The van der Waals surface area contributed by atoms with E-state index in [1.807, 2.05) is 50.2 Å². The third kappa shape index (κ3) is 6.08. The van der Waals surface area contributed by atoms with Gasteiger partial charge in [-0.05, 0) is 67.6 Å². The van der Waals surface area contributed by atoms with Gasteiger partial charge in [0.1, 0.15) is 0 Å². The zero-order valence-electron chi connectivity index (χ0n) is 18.3. The van der Waals surface area contributed by atoms with Gasteiger partial charge < -0.3 is 21.8 Å². The molecule has 1 aromatic heterocycles. The van der Waals surface area contributed by atoms with E-state index < -0.39 is 0 Å². The summed E-state index contributed by atoms with van der Waals surface area (Å²) in [4.78, 5) is 7.61. The van der Waals surface area contributed by atoms with Crippen LogP contribution in [0.5, 0.6) is 0 Å². The molecule has 8 heteroatoms. The molecule has 32 heavy (non-hydrogen) atoms. The fourth-order valence-corrected chi connectivity index (χ4v) is 3.75. The summed E-state index contributed by atoms with van der Waals surface area (Å²) in [5, 5.41) is 7.28. The van der Waals surface area contributed by atoms with Crippen LogP contribution in [0.2, 0.25) is 15.1 Å². The predicted octanol–water partition coefficient (Wildman–Crippen LogP) is 7.16. The van der Waals surface area contributed by atoms with Crippen molar-refractivity contribution in [2.24, 2.45) is 16.5 Å². The Kier molecular flexibility index (Phi) is 10.1. The van der Waals surface area contributed by atoms with E-state index >= 15 is 0 Å². The van der Waals surface area contributed by atoms with Crippen LogP contribution in [0.15, 0.2) is 53.5 Å². The number of aromatic amines is 1. The van der Waals surface area contributed by atoms with E-state index in [0.717, 1.165) is 45.2 Å². The number of benzene rings is 3. The highest BCUT2D eigenvalue weighted by atomic mass is 35.5. The number of nitrogens with two attached hydrogens (primary N) is 2. The first-order valence-electron chi connectivity index (χ1n) is 10.3. The SMILES string of the molecule is CC.CN.NC=NCCc1cc(Nc2ccc(Cl)cc2)cc2c1[nH]c1cc(Cl)c(Cl)cc12. The molecule has 0 aliphatic heterocycles. The number of rotatable bonds is 5. The number of H-pyrrole nitrogens is 1. The average Bonchev–Trinajstić information content (AvgIpc) is 3.16. The van der Waals surface area contributed by atoms with Crippen molar-refractivity contribution in [1.29, 1.82) is 0 Å². The van der Waals surface area contributed by atoms with Crippen molar-refractivity contribution < 1.29 is 0 Å². The Morgan fingerprint density at radius 2 is 1.56 bits per heavy atom. The Morgan fingerprint density at radius 3 is 2.22 bits per heavy atom. The molecule has 0 atom stereocenters. The highest BCUT2D eigenvalue weighted by Gasteiger charge is 2.13. The Labute approximate surface area is 203 Å². The number of fused-ring (bicyclic) bond motifs is 3. The van der Waals surface area contributed by atoms with Gasteiger partial charge >= 0.3 is 0 Å². The molecule has 0 spiro atoms. The fraction of sp³-hybridized carbons (Fsp3) is 0.208. The summed E-state index contributed by atoms with van der Waals surface area (Å²) in [6.45, 7) is 4.60. The van der Waals surface area contributed by atoms with E-state index in [2.05, 4.69) is 33.2 Å². The third-order valence-corrected chi connectivity index (χ3v) is 5.55. The molecule has 0 aliphatic carbocycles. The second kappa shape index (κ2) is 12.6. The van der Waals surface area contributed by atoms with Gasteiger partial charge in [-0.2, -0.15) is 0 Å². The Morgan fingerprint density at radius 1 is 0.906 bits per heavy atom. The van der Waals surface area contributed by atoms with Crippen molar-refractivity contribution >= 4 is 74.3 Å². The Hall–Kier alpha value is -2.44. The molecule has 5 nitrogen and oxygen atoms in total. The monoisotopic (exact) mass is 491 g/mol. The van der Waals surface area contributed by atoms with Gasteiger partial charge in [0, 0.05) is 44.7 Å². The highest BCUT2D eigenvalue weighted by Crippen LogP contribution is 2.36. The van der Waals surface area contributed by atoms with Gasteiger partial charge in [0.15, 0.2) is 0 Å². The van der Waals surface area contributed by atoms with Crippen LogP contribution in [-0.4, -0.2) is 24.9 Å². The lowest BCUT2D eigenvalue weighted by atomic mass is 10.0. The van der Waals surface area contributed by atoms with Crippen LogP contribution < -0.4 is 16.8 Å². The van der Waals surface area contributed by atoms with Crippen molar-refractivity contribution in [1.82, 2.24) is 4.98 Å². The molecular weight excluding hydrogens is 465 g/mol. The largest absolute Gasteiger partial charge is 0.390 e. The number of hydrogen-bond donors (Lipinski definition) is 4. The van der Waals surface area contributed by atoms with Crippen molar-refractivity contribution in [3.05, 3.63) is 69.2 Å². The second-order valence-corrected chi connectivity index (χ2v) is 7.68. The van der Waals surface area contributed by atoms with Crippen molar-refractivity contribution in [3.63, 3.8) is 0 Å². The van der Waals surface area contributed by atoms with Crippen molar-refractivity contribution in [2.45, 2.75) is 20.3 Å². The molecule has 6 N–H and O–H groups in total. The molecule has 0 fully saturated rings. The molecule has 0 saturated heterocycles. The van der Waals surface area contributed by atoms with Gasteiger partial charge in [-0.3, -0.25) is 4.99 Å². The molecule has 1 heterocycles. The molecule has 4 aromatic rings. The molecule has 0 radical (unpaired) electrons. The van der Waals surface area contributed by atoms with E-state index in [4.69, 9.17) is 40.5 Å². The minimum atomic E-state index is 0.523. The first-order chi connectivity index (χ1) is 15.5. The quantitative estimate of drug-likeness (QED) is 0.176. The minimum absolute atomic E-state index is 0.523. The van der Waals surface area contributed by atoms with Gasteiger partial charge in [0.05, 0.1) is 16.4 Å². The first-order valence-corrected chi connectivity index (χ1v) is 11.4. The zero-order valence-corrected chi connectivity index (χ0v) is 20.6. The van der Waals surface area contributed by atoms with Gasteiger partial charge in [-0.1, -0.05) is 48.7 Å². The maximum absolute atomic E-state index is 6.26. The molecule has 0 saturated carbocycles. The fourth-order valence-electron chi connectivity index (χ4n) is 3.30. The van der Waals surface area contributed by atoms with Crippen LogP contribution in [0, 0.1) is 0 Å². The molecule has 0 unspecified atom stereocenters. The molecule has 0 amide bonds. The van der Waals surface area contributed by atoms with E-state index in [0.29, 0.717) is 21.6 Å². The summed E-state index contributed by atoms with van der Waals surface area (Å²) in [5.41, 5.74) is 14.9. The average molecular weight is 493 g/mol. The van der Waals surface area contributed by atoms with Crippen LogP contribution >= 0.6 is 34.8 Å². The topological polar surface area (TPSA) is 92.2 Å². The summed E-state index contributed by atoms with van der Waals surface area (Å²) in [6.07, 6.45) is 2.08. The predicted molar refractivity (Wildman–Crippen MR) is 143 cm³/mol. The Balaban J connectivity index is 0.000000860. The maximum Gasteiger partial charge on any atom is 0.0797 e. The highest BCUT2D eigenvalue weighted by molar-refractivity contribution is 6.43. The van der Waals surface area contributed by atoms with Crippen molar-refractivity contribution in [3.8, 4) is 0 Å². The van der Waals surface area contributed by atoms with Crippen LogP contribution in [-0.2, 0) is 6.42 Å².